The summed E-state index contributed by atoms with van der Waals surface area (Å²) in [5, 5.41) is 8.81. The van der Waals surface area contributed by atoms with Gasteiger partial charge in [-0.05, 0) is 37.9 Å². The molecule has 0 spiro atoms. The molecular weight excluding hydrogens is 302 g/mol. The van der Waals surface area contributed by atoms with Gasteiger partial charge in [-0.25, -0.2) is 4.98 Å². The van der Waals surface area contributed by atoms with Gasteiger partial charge in [-0.1, -0.05) is 12.1 Å². The van der Waals surface area contributed by atoms with Crippen molar-refractivity contribution < 1.29 is 4.42 Å². The first kappa shape index (κ1) is 14.2. The summed E-state index contributed by atoms with van der Waals surface area (Å²) in [5.74, 6) is 3.87. The number of aromatic nitrogens is 4. The van der Waals surface area contributed by atoms with E-state index >= 15 is 0 Å². The van der Waals surface area contributed by atoms with Gasteiger partial charge in [0.25, 0.3) is 0 Å². The minimum Gasteiger partial charge on any atom is -0.441 e. The summed E-state index contributed by atoms with van der Waals surface area (Å²) in [4.78, 5) is 7.01. The Bertz CT molecular complexity index is 830. The van der Waals surface area contributed by atoms with Crippen molar-refractivity contribution in [1.82, 2.24) is 24.6 Å². The third-order valence-corrected chi connectivity index (χ3v) is 5.01. The minimum absolute atomic E-state index is 0.678. The van der Waals surface area contributed by atoms with Crippen LogP contribution in [0.25, 0.3) is 11.1 Å². The molecule has 6 heteroatoms. The second-order valence-electron chi connectivity index (χ2n) is 6.86. The van der Waals surface area contributed by atoms with Crippen molar-refractivity contribution in [3.8, 4) is 0 Å². The number of hydrogen-bond acceptors (Lipinski definition) is 5. The van der Waals surface area contributed by atoms with Gasteiger partial charge in [-0.15, -0.1) is 10.2 Å². The van der Waals surface area contributed by atoms with Crippen LogP contribution in [0.1, 0.15) is 42.7 Å². The zero-order valence-corrected chi connectivity index (χ0v) is 13.7. The first-order valence-electron chi connectivity index (χ1n) is 8.85. The van der Waals surface area contributed by atoms with Gasteiger partial charge in [0.05, 0.1) is 6.54 Å². The normalized spacial score (nSPS) is 18.2. The van der Waals surface area contributed by atoms with Gasteiger partial charge < -0.3 is 8.98 Å². The molecule has 0 radical (unpaired) electrons. The SMILES string of the molecule is c1ccc2oc(CCCN3CCn4c(nnc4C4CC4)C3)nc2c1. The van der Waals surface area contributed by atoms with Gasteiger partial charge in [0.2, 0.25) is 0 Å². The lowest BCUT2D eigenvalue weighted by Gasteiger charge is -2.27. The molecule has 1 aliphatic heterocycles. The third-order valence-electron chi connectivity index (χ3n) is 5.01. The van der Waals surface area contributed by atoms with E-state index in [-0.39, 0.29) is 0 Å². The highest BCUT2D eigenvalue weighted by atomic mass is 16.3. The molecule has 3 aromatic rings. The van der Waals surface area contributed by atoms with Crippen LogP contribution in [-0.2, 0) is 19.5 Å². The van der Waals surface area contributed by atoms with E-state index < -0.39 is 0 Å². The topological polar surface area (TPSA) is 60.0 Å². The fourth-order valence-corrected chi connectivity index (χ4v) is 3.55. The second-order valence-corrected chi connectivity index (χ2v) is 6.86. The summed E-state index contributed by atoms with van der Waals surface area (Å²) < 4.78 is 8.14. The standard InChI is InChI=1S/C18H21N5O/c1-2-5-15-14(4-1)19-17(24-15)6-3-9-22-10-11-23-16(12-22)20-21-18(23)13-7-8-13/h1-2,4-5,13H,3,6-12H2. The van der Waals surface area contributed by atoms with Crippen molar-refractivity contribution in [2.75, 3.05) is 13.1 Å². The molecule has 1 fully saturated rings. The van der Waals surface area contributed by atoms with Crippen LogP contribution in [0.3, 0.4) is 0 Å². The van der Waals surface area contributed by atoms with E-state index in [9.17, 15) is 0 Å². The van der Waals surface area contributed by atoms with E-state index in [0.717, 1.165) is 61.8 Å². The summed E-state index contributed by atoms with van der Waals surface area (Å²) in [6.07, 6.45) is 4.50. The average molecular weight is 323 g/mol. The minimum atomic E-state index is 0.678. The lowest BCUT2D eigenvalue weighted by molar-refractivity contribution is 0.211. The summed E-state index contributed by atoms with van der Waals surface area (Å²) in [6.45, 7) is 4.06. The van der Waals surface area contributed by atoms with Crippen molar-refractivity contribution in [2.24, 2.45) is 0 Å². The maximum atomic E-state index is 5.79. The van der Waals surface area contributed by atoms with E-state index in [2.05, 4.69) is 24.6 Å². The smallest absolute Gasteiger partial charge is 0.195 e. The second kappa shape index (κ2) is 5.70. The predicted octanol–water partition coefficient (Wildman–Crippen LogP) is 2.75. The van der Waals surface area contributed by atoms with Crippen molar-refractivity contribution in [2.45, 2.75) is 44.7 Å². The number of fused-ring (bicyclic) bond motifs is 2. The number of hydrogen-bond donors (Lipinski definition) is 0. The van der Waals surface area contributed by atoms with Crippen LogP contribution in [0.4, 0.5) is 0 Å². The monoisotopic (exact) mass is 323 g/mol. The van der Waals surface area contributed by atoms with E-state index in [4.69, 9.17) is 4.42 Å². The fraction of sp³-hybridized carbons (Fsp3) is 0.500. The summed E-state index contributed by atoms with van der Waals surface area (Å²) in [7, 11) is 0. The van der Waals surface area contributed by atoms with Crippen LogP contribution in [0, 0.1) is 0 Å². The molecular formula is C18H21N5O. The Kier molecular flexibility index (Phi) is 3.36. The zero-order valence-electron chi connectivity index (χ0n) is 13.7. The Morgan fingerprint density at radius 3 is 2.92 bits per heavy atom. The molecule has 1 aliphatic carbocycles. The lowest BCUT2D eigenvalue weighted by atomic mass is 10.2. The molecule has 0 atom stereocenters. The van der Waals surface area contributed by atoms with Gasteiger partial charge in [0, 0.05) is 25.4 Å². The van der Waals surface area contributed by atoms with E-state index in [1.54, 1.807) is 0 Å². The molecule has 2 aromatic heterocycles. The molecule has 0 saturated heterocycles. The largest absolute Gasteiger partial charge is 0.441 e. The van der Waals surface area contributed by atoms with Crippen LogP contribution in [0.15, 0.2) is 28.7 Å². The van der Waals surface area contributed by atoms with Crippen LogP contribution < -0.4 is 0 Å². The van der Waals surface area contributed by atoms with Gasteiger partial charge in [0.1, 0.15) is 17.2 Å². The summed E-state index contributed by atoms with van der Waals surface area (Å²) in [5.41, 5.74) is 1.83. The number of benzene rings is 1. The van der Waals surface area contributed by atoms with Crippen LogP contribution in [-0.4, -0.2) is 37.7 Å². The first-order chi connectivity index (χ1) is 11.9. The van der Waals surface area contributed by atoms with Crippen molar-refractivity contribution in [3.63, 3.8) is 0 Å². The Labute approximate surface area is 140 Å². The molecule has 0 bridgehead atoms. The fourth-order valence-electron chi connectivity index (χ4n) is 3.55. The molecule has 2 aliphatic rings. The Hall–Kier alpha value is -2.21. The third kappa shape index (κ3) is 2.60. The van der Waals surface area contributed by atoms with E-state index in [0.29, 0.717) is 5.92 Å². The molecule has 0 unspecified atom stereocenters. The predicted molar refractivity (Wildman–Crippen MR) is 89.6 cm³/mol. The molecule has 3 heterocycles. The van der Waals surface area contributed by atoms with Crippen molar-refractivity contribution >= 4 is 11.1 Å². The molecule has 0 N–H and O–H groups in total. The van der Waals surface area contributed by atoms with E-state index in [1.807, 2.05) is 24.3 Å². The van der Waals surface area contributed by atoms with Crippen molar-refractivity contribution in [3.05, 3.63) is 41.8 Å². The average Bonchev–Trinajstić information content (AvgIpc) is 3.22. The highest BCUT2D eigenvalue weighted by molar-refractivity contribution is 5.72. The molecule has 1 saturated carbocycles. The van der Waals surface area contributed by atoms with Crippen molar-refractivity contribution in [1.29, 1.82) is 0 Å². The van der Waals surface area contributed by atoms with Crippen LogP contribution >= 0.6 is 0 Å². The van der Waals surface area contributed by atoms with Crippen LogP contribution in [0.2, 0.25) is 0 Å². The number of oxazole rings is 1. The molecule has 124 valence electrons. The maximum Gasteiger partial charge on any atom is 0.195 e. The van der Waals surface area contributed by atoms with Gasteiger partial charge in [0.15, 0.2) is 11.5 Å². The lowest BCUT2D eigenvalue weighted by Crippen LogP contribution is -2.35. The summed E-state index contributed by atoms with van der Waals surface area (Å²) in [6, 6.07) is 7.95. The Morgan fingerprint density at radius 2 is 2.04 bits per heavy atom. The molecule has 1 aromatic carbocycles. The highest BCUT2D eigenvalue weighted by Gasteiger charge is 2.31. The molecule has 0 amide bonds. The number of para-hydroxylation sites is 2. The maximum absolute atomic E-state index is 5.79. The van der Waals surface area contributed by atoms with Gasteiger partial charge in [-0.3, -0.25) is 4.90 Å². The van der Waals surface area contributed by atoms with Gasteiger partial charge >= 0.3 is 0 Å². The number of nitrogens with zero attached hydrogens (tertiary/aromatic N) is 5. The zero-order chi connectivity index (χ0) is 15.9. The number of aryl methyl sites for hydroxylation is 1. The quantitative estimate of drug-likeness (QED) is 0.722. The molecule has 24 heavy (non-hydrogen) atoms. The van der Waals surface area contributed by atoms with E-state index in [1.165, 1.54) is 18.7 Å². The molecule has 6 nitrogen and oxygen atoms in total. The Balaban J connectivity index is 1.18. The Morgan fingerprint density at radius 1 is 1.12 bits per heavy atom. The highest BCUT2D eigenvalue weighted by Crippen LogP contribution is 2.39. The molecule has 5 rings (SSSR count). The number of rotatable bonds is 5. The first-order valence-corrected chi connectivity index (χ1v) is 8.85. The van der Waals surface area contributed by atoms with Gasteiger partial charge in [-0.2, -0.15) is 0 Å². The van der Waals surface area contributed by atoms with Crippen LogP contribution in [0.5, 0.6) is 0 Å². The summed E-state index contributed by atoms with van der Waals surface area (Å²) >= 11 is 0.